The van der Waals surface area contributed by atoms with Crippen LogP contribution in [-0.2, 0) is 10.2 Å². The first kappa shape index (κ1) is 13.3. The number of carboxylic acids is 1. The number of aromatic nitrogens is 1. The van der Waals surface area contributed by atoms with Gasteiger partial charge in [-0.3, -0.25) is 4.79 Å². The van der Waals surface area contributed by atoms with Gasteiger partial charge in [-0.05, 0) is 6.07 Å². The fourth-order valence-corrected chi connectivity index (χ4v) is 1.84. The lowest BCUT2D eigenvalue weighted by Gasteiger charge is -2.26. The molecule has 0 saturated carbocycles. The lowest BCUT2D eigenvalue weighted by atomic mass is 9.81. The highest BCUT2D eigenvalue weighted by atomic mass is 16.5. The highest BCUT2D eigenvalue weighted by Gasteiger charge is 2.31. The number of ether oxygens (including phenoxy) is 2. The summed E-state index contributed by atoms with van der Waals surface area (Å²) in [5.74, 6) is 0.113. The summed E-state index contributed by atoms with van der Waals surface area (Å²) in [7, 11) is 3.04. The van der Waals surface area contributed by atoms with Crippen molar-refractivity contribution in [1.29, 1.82) is 0 Å². The Hall–Kier alpha value is -1.78. The Balaban J connectivity index is 3.30. The van der Waals surface area contributed by atoms with E-state index in [9.17, 15) is 4.79 Å². The molecule has 0 spiro atoms. The minimum absolute atomic E-state index is 0.0224. The van der Waals surface area contributed by atoms with Crippen LogP contribution in [0.25, 0.3) is 0 Å². The number of rotatable bonds is 5. The Labute approximate surface area is 100 Å². The Morgan fingerprint density at radius 1 is 1.41 bits per heavy atom. The number of aliphatic carboxylic acids is 1. The van der Waals surface area contributed by atoms with Gasteiger partial charge in [0.25, 0.3) is 0 Å². The standard InChI is InChI=1S/C12H17NO4/c1-12(2,7-9(14)15)10-8(16-3)5-6-13-11(10)17-4/h5-6H,7H2,1-4H3,(H,14,15). The molecule has 0 saturated heterocycles. The van der Waals surface area contributed by atoms with E-state index in [2.05, 4.69) is 4.98 Å². The van der Waals surface area contributed by atoms with E-state index in [0.717, 1.165) is 0 Å². The first-order chi connectivity index (χ1) is 7.92. The van der Waals surface area contributed by atoms with E-state index in [-0.39, 0.29) is 6.42 Å². The lowest BCUT2D eigenvalue weighted by Crippen LogP contribution is -2.23. The molecule has 94 valence electrons. The largest absolute Gasteiger partial charge is 0.496 e. The zero-order valence-electron chi connectivity index (χ0n) is 10.5. The van der Waals surface area contributed by atoms with Gasteiger partial charge in [0.15, 0.2) is 0 Å². The van der Waals surface area contributed by atoms with E-state index in [1.54, 1.807) is 12.3 Å². The minimum Gasteiger partial charge on any atom is -0.496 e. The molecule has 5 nitrogen and oxygen atoms in total. The van der Waals surface area contributed by atoms with Crippen molar-refractivity contribution in [2.75, 3.05) is 14.2 Å². The molecule has 0 radical (unpaired) electrons. The minimum atomic E-state index is -0.872. The zero-order chi connectivity index (χ0) is 13.1. The van der Waals surface area contributed by atoms with E-state index >= 15 is 0 Å². The molecule has 1 heterocycles. The molecule has 0 atom stereocenters. The normalized spacial score (nSPS) is 11.1. The molecule has 0 unspecified atom stereocenters. The van der Waals surface area contributed by atoms with Crippen LogP contribution >= 0.6 is 0 Å². The van der Waals surface area contributed by atoms with Crippen molar-refractivity contribution in [1.82, 2.24) is 4.98 Å². The molecule has 1 rings (SSSR count). The third-order valence-corrected chi connectivity index (χ3v) is 2.56. The van der Waals surface area contributed by atoms with Gasteiger partial charge in [0.2, 0.25) is 5.88 Å². The van der Waals surface area contributed by atoms with Gasteiger partial charge in [0, 0.05) is 11.6 Å². The van der Waals surface area contributed by atoms with E-state index in [0.29, 0.717) is 17.2 Å². The summed E-state index contributed by atoms with van der Waals surface area (Å²) >= 11 is 0. The van der Waals surface area contributed by atoms with Crippen LogP contribution in [0.4, 0.5) is 0 Å². The Kier molecular flexibility index (Phi) is 3.93. The maximum atomic E-state index is 10.9. The highest BCUT2D eigenvalue weighted by molar-refractivity contribution is 5.69. The predicted octanol–water partition coefficient (Wildman–Crippen LogP) is 1.85. The molecule has 1 aromatic rings. The van der Waals surface area contributed by atoms with Crippen molar-refractivity contribution in [3.05, 3.63) is 17.8 Å². The van der Waals surface area contributed by atoms with Crippen molar-refractivity contribution < 1.29 is 19.4 Å². The van der Waals surface area contributed by atoms with Gasteiger partial charge >= 0.3 is 5.97 Å². The second kappa shape index (κ2) is 5.03. The molecule has 1 N–H and O–H groups in total. The summed E-state index contributed by atoms with van der Waals surface area (Å²) in [5.41, 5.74) is 0.0592. The number of hydrogen-bond acceptors (Lipinski definition) is 4. The van der Waals surface area contributed by atoms with Crippen LogP contribution in [0.1, 0.15) is 25.8 Å². The van der Waals surface area contributed by atoms with Crippen LogP contribution in [0, 0.1) is 0 Å². The topological polar surface area (TPSA) is 68.7 Å². The Morgan fingerprint density at radius 3 is 2.53 bits per heavy atom. The predicted molar refractivity (Wildman–Crippen MR) is 62.6 cm³/mol. The van der Waals surface area contributed by atoms with Gasteiger partial charge in [0.1, 0.15) is 5.75 Å². The molecule has 0 amide bonds. The van der Waals surface area contributed by atoms with E-state index in [4.69, 9.17) is 14.6 Å². The second-order valence-electron chi connectivity index (χ2n) is 4.35. The Morgan fingerprint density at radius 2 is 2.06 bits per heavy atom. The first-order valence-corrected chi connectivity index (χ1v) is 5.21. The zero-order valence-corrected chi connectivity index (χ0v) is 10.5. The summed E-state index contributed by atoms with van der Waals surface area (Å²) < 4.78 is 10.4. The fourth-order valence-electron chi connectivity index (χ4n) is 1.84. The van der Waals surface area contributed by atoms with Crippen LogP contribution in [0.2, 0.25) is 0 Å². The summed E-state index contributed by atoms with van der Waals surface area (Å²) in [6, 6.07) is 1.70. The van der Waals surface area contributed by atoms with Crippen molar-refractivity contribution in [3.8, 4) is 11.6 Å². The van der Waals surface area contributed by atoms with Gasteiger partial charge in [-0.15, -0.1) is 0 Å². The maximum Gasteiger partial charge on any atom is 0.304 e. The molecule has 5 heteroatoms. The highest BCUT2D eigenvalue weighted by Crippen LogP contribution is 2.39. The molecular formula is C12H17NO4. The molecule has 0 bridgehead atoms. The number of carbonyl (C=O) groups is 1. The fraction of sp³-hybridized carbons (Fsp3) is 0.500. The van der Waals surface area contributed by atoms with Gasteiger partial charge in [0.05, 0.1) is 26.2 Å². The lowest BCUT2D eigenvalue weighted by molar-refractivity contribution is -0.138. The average molecular weight is 239 g/mol. The summed E-state index contributed by atoms with van der Waals surface area (Å²) in [6.45, 7) is 3.65. The van der Waals surface area contributed by atoms with Crippen LogP contribution in [0.15, 0.2) is 12.3 Å². The third-order valence-electron chi connectivity index (χ3n) is 2.56. The quantitative estimate of drug-likeness (QED) is 0.849. The Bertz CT molecular complexity index is 393. The monoisotopic (exact) mass is 239 g/mol. The first-order valence-electron chi connectivity index (χ1n) is 5.21. The van der Waals surface area contributed by atoms with Crippen LogP contribution in [-0.4, -0.2) is 30.3 Å². The van der Waals surface area contributed by atoms with Gasteiger partial charge in [-0.2, -0.15) is 0 Å². The number of methoxy groups -OCH3 is 2. The maximum absolute atomic E-state index is 10.9. The van der Waals surface area contributed by atoms with Crippen molar-refractivity contribution >= 4 is 5.97 Å². The molecule has 1 aromatic heterocycles. The van der Waals surface area contributed by atoms with Crippen LogP contribution in [0.3, 0.4) is 0 Å². The van der Waals surface area contributed by atoms with Crippen molar-refractivity contribution in [2.24, 2.45) is 0 Å². The molecule has 0 fully saturated rings. The van der Waals surface area contributed by atoms with Crippen LogP contribution in [0.5, 0.6) is 11.6 Å². The van der Waals surface area contributed by atoms with E-state index < -0.39 is 11.4 Å². The van der Waals surface area contributed by atoms with Gasteiger partial charge in [-0.25, -0.2) is 4.98 Å². The summed E-state index contributed by atoms with van der Waals surface area (Å²) in [4.78, 5) is 15.0. The van der Waals surface area contributed by atoms with E-state index in [1.807, 2.05) is 13.8 Å². The number of hydrogen-bond donors (Lipinski definition) is 1. The van der Waals surface area contributed by atoms with Gasteiger partial charge < -0.3 is 14.6 Å². The van der Waals surface area contributed by atoms with Crippen molar-refractivity contribution in [2.45, 2.75) is 25.7 Å². The third kappa shape index (κ3) is 2.87. The summed E-state index contributed by atoms with van der Waals surface area (Å²) in [5, 5.41) is 8.94. The van der Waals surface area contributed by atoms with E-state index in [1.165, 1.54) is 14.2 Å². The smallest absolute Gasteiger partial charge is 0.304 e. The summed E-state index contributed by atoms with van der Waals surface area (Å²) in [6.07, 6.45) is 1.55. The number of nitrogens with zero attached hydrogens (tertiary/aromatic N) is 1. The average Bonchev–Trinajstić information content (AvgIpc) is 2.26. The van der Waals surface area contributed by atoms with Crippen molar-refractivity contribution in [3.63, 3.8) is 0 Å². The molecular weight excluding hydrogens is 222 g/mol. The van der Waals surface area contributed by atoms with Gasteiger partial charge in [-0.1, -0.05) is 13.8 Å². The SMILES string of the molecule is COc1ccnc(OC)c1C(C)(C)CC(=O)O. The number of carboxylic acid groups (broad SMARTS) is 1. The molecule has 0 aliphatic carbocycles. The molecule has 0 aromatic carbocycles. The number of pyridine rings is 1. The second-order valence-corrected chi connectivity index (χ2v) is 4.35. The molecule has 0 aliphatic rings. The molecule has 0 aliphatic heterocycles. The van der Waals surface area contributed by atoms with Crippen LogP contribution < -0.4 is 9.47 Å². The molecule has 17 heavy (non-hydrogen) atoms.